The molecule has 2 aliphatic heterocycles. The van der Waals surface area contributed by atoms with Gasteiger partial charge >= 0.3 is 6.03 Å². The second kappa shape index (κ2) is 8.95. The Morgan fingerprint density at radius 3 is 2.94 bits per heavy atom. The van der Waals surface area contributed by atoms with Gasteiger partial charge in [-0.05, 0) is 42.3 Å². The lowest BCUT2D eigenvalue weighted by Crippen LogP contribution is -2.39. The maximum Gasteiger partial charge on any atom is 0.322 e. The van der Waals surface area contributed by atoms with Crippen molar-refractivity contribution >= 4 is 50.6 Å². The number of para-hydroxylation sites is 1. The number of anilines is 4. The van der Waals surface area contributed by atoms with E-state index in [0.29, 0.717) is 13.1 Å². The lowest BCUT2D eigenvalue weighted by atomic mass is 9.97. The molecule has 176 valence electrons. The van der Waals surface area contributed by atoms with Crippen LogP contribution in [0.1, 0.15) is 12.0 Å². The van der Waals surface area contributed by atoms with Gasteiger partial charge < -0.3 is 20.9 Å². The fraction of sp³-hybridized carbons (Fsp3) is 0.200. The van der Waals surface area contributed by atoms with Gasteiger partial charge in [0, 0.05) is 30.8 Å². The maximum atomic E-state index is 13.9. The molecule has 0 fully saturated rings. The highest BCUT2D eigenvalue weighted by Crippen LogP contribution is 2.34. The number of amides is 2. The first-order chi connectivity index (χ1) is 17.1. The fourth-order valence-electron chi connectivity index (χ4n) is 4.49. The summed E-state index contributed by atoms with van der Waals surface area (Å²) >= 11 is 1.61. The van der Waals surface area contributed by atoms with Gasteiger partial charge in [-0.15, -0.1) is 11.3 Å². The number of halogens is 1. The Labute approximate surface area is 204 Å². The lowest BCUT2D eigenvalue weighted by Gasteiger charge is -2.29. The van der Waals surface area contributed by atoms with Gasteiger partial charge in [-0.3, -0.25) is 0 Å². The van der Waals surface area contributed by atoms with Crippen LogP contribution >= 0.6 is 11.3 Å². The molecule has 2 amide bonds. The molecule has 0 radical (unpaired) electrons. The smallest absolute Gasteiger partial charge is 0.322 e. The van der Waals surface area contributed by atoms with Crippen molar-refractivity contribution in [3.8, 4) is 0 Å². The van der Waals surface area contributed by atoms with Gasteiger partial charge in [-0.2, -0.15) is 0 Å². The minimum Gasteiger partial charge on any atom is -0.363 e. The molecule has 0 bridgehead atoms. The normalized spacial score (nSPS) is 17.0. The molecular formula is C25H22FN7OS. The van der Waals surface area contributed by atoms with Crippen LogP contribution in [0.25, 0.3) is 10.2 Å². The zero-order valence-electron chi connectivity index (χ0n) is 18.7. The van der Waals surface area contributed by atoms with Crippen LogP contribution in [0.4, 0.5) is 32.2 Å². The zero-order chi connectivity index (χ0) is 23.8. The third-order valence-electron chi connectivity index (χ3n) is 6.35. The van der Waals surface area contributed by atoms with E-state index >= 15 is 0 Å². The summed E-state index contributed by atoms with van der Waals surface area (Å²) in [5.41, 5.74) is 6.25. The van der Waals surface area contributed by atoms with Gasteiger partial charge in [-0.1, -0.05) is 18.2 Å². The molecular weight excluding hydrogens is 465 g/mol. The Hall–Kier alpha value is -4.05. The number of nitrogens with one attached hydrogen (secondary N) is 3. The second-order valence-electron chi connectivity index (χ2n) is 8.50. The number of urea groups is 1. The summed E-state index contributed by atoms with van der Waals surface area (Å²) in [6.07, 6.45) is 5.13. The summed E-state index contributed by atoms with van der Waals surface area (Å²) in [6, 6.07) is 12.0. The number of carbonyl (C=O) groups is 1. The van der Waals surface area contributed by atoms with Crippen LogP contribution in [0.3, 0.4) is 0 Å². The van der Waals surface area contributed by atoms with Crippen LogP contribution < -0.4 is 16.0 Å². The van der Waals surface area contributed by atoms with Gasteiger partial charge in [0.25, 0.3) is 0 Å². The van der Waals surface area contributed by atoms with Crippen molar-refractivity contribution < 1.29 is 9.18 Å². The lowest BCUT2D eigenvalue weighted by molar-refractivity contribution is 0.215. The van der Waals surface area contributed by atoms with E-state index in [0.717, 1.165) is 45.9 Å². The van der Waals surface area contributed by atoms with Gasteiger partial charge in [0.1, 0.15) is 23.8 Å². The quantitative estimate of drug-likeness (QED) is 0.344. The van der Waals surface area contributed by atoms with E-state index in [4.69, 9.17) is 0 Å². The minimum absolute atomic E-state index is 0.100. The summed E-state index contributed by atoms with van der Waals surface area (Å²) in [6.45, 7) is 1.03. The monoisotopic (exact) mass is 487 g/mol. The molecule has 4 aromatic rings. The molecule has 0 saturated heterocycles. The van der Waals surface area contributed by atoms with Crippen LogP contribution in [0.2, 0.25) is 0 Å². The number of rotatable bonds is 4. The number of benzene rings is 2. The minimum atomic E-state index is -0.445. The molecule has 1 unspecified atom stereocenters. The van der Waals surface area contributed by atoms with Crippen LogP contribution in [-0.4, -0.2) is 45.0 Å². The highest BCUT2D eigenvalue weighted by molar-refractivity contribution is 7.16. The average Bonchev–Trinajstić information content (AvgIpc) is 3.53. The van der Waals surface area contributed by atoms with Crippen molar-refractivity contribution in [2.75, 3.05) is 29.0 Å². The number of thiazole rings is 1. The number of aromatic nitrogens is 3. The predicted molar refractivity (Wildman–Crippen MR) is 136 cm³/mol. The van der Waals surface area contributed by atoms with E-state index < -0.39 is 5.82 Å². The number of hydrogen-bond acceptors (Lipinski definition) is 7. The Morgan fingerprint density at radius 2 is 2.09 bits per heavy atom. The first-order valence-corrected chi connectivity index (χ1v) is 12.2. The van der Waals surface area contributed by atoms with Crippen molar-refractivity contribution in [3.05, 3.63) is 77.3 Å². The summed E-state index contributed by atoms with van der Waals surface area (Å²) in [5, 5.41) is 9.60. The van der Waals surface area contributed by atoms with Crippen molar-refractivity contribution in [2.45, 2.75) is 18.9 Å². The van der Waals surface area contributed by atoms with E-state index in [9.17, 15) is 9.18 Å². The van der Waals surface area contributed by atoms with Crippen molar-refractivity contribution in [1.82, 2.24) is 19.9 Å². The van der Waals surface area contributed by atoms with E-state index in [1.54, 1.807) is 40.8 Å². The molecule has 10 heteroatoms. The highest BCUT2D eigenvalue weighted by Gasteiger charge is 2.30. The highest BCUT2D eigenvalue weighted by atomic mass is 32.1. The SMILES string of the molecule is O=C(Nc1ccccc1F)N1CC=C(C2Cc3c(Nc4ccc5ncsc5c4)ncnc3N2)CC1. The topological polar surface area (TPSA) is 95.1 Å². The van der Waals surface area contributed by atoms with Gasteiger partial charge in [-0.25, -0.2) is 24.1 Å². The molecule has 1 atom stereocenters. The molecule has 0 spiro atoms. The van der Waals surface area contributed by atoms with Gasteiger partial charge in [0.05, 0.1) is 27.5 Å². The van der Waals surface area contributed by atoms with E-state index in [-0.39, 0.29) is 17.8 Å². The van der Waals surface area contributed by atoms with Crippen molar-refractivity contribution in [3.63, 3.8) is 0 Å². The number of nitrogens with zero attached hydrogens (tertiary/aromatic N) is 4. The maximum absolute atomic E-state index is 13.9. The number of hydrogen-bond donors (Lipinski definition) is 3. The largest absolute Gasteiger partial charge is 0.363 e. The predicted octanol–water partition coefficient (Wildman–Crippen LogP) is 5.17. The number of carbonyl (C=O) groups excluding carboxylic acids is 1. The molecule has 2 aromatic carbocycles. The Bertz CT molecular complexity index is 1450. The molecule has 2 aromatic heterocycles. The third-order valence-corrected chi connectivity index (χ3v) is 7.14. The summed E-state index contributed by atoms with van der Waals surface area (Å²) < 4.78 is 15.0. The fourth-order valence-corrected chi connectivity index (χ4v) is 5.21. The summed E-state index contributed by atoms with van der Waals surface area (Å²) in [5.74, 6) is 1.17. The van der Waals surface area contributed by atoms with Crippen LogP contribution in [0.5, 0.6) is 0 Å². The Morgan fingerprint density at radius 1 is 1.17 bits per heavy atom. The molecule has 4 heterocycles. The molecule has 0 saturated carbocycles. The third kappa shape index (κ3) is 4.28. The van der Waals surface area contributed by atoms with E-state index in [2.05, 4.69) is 43.0 Å². The molecule has 8 nitrogen and oxygen atoms in total. The van der Waals surface area contributed by atoms with Crippen LogP contribution in [0, 0.1) is 5.82 Å². The second-order valence-corrected chi connectivity index (χ2v) is 9.38. The first kappa shape index (κ1) is 21.5. The van der Waals surface area contributed by atoms with Crippen LogP contribution in [-0.2, 0) is 6.42 Å². The van der Waals surface area contributed by atoms with E-state index in [1.807, 2.05) is 17.6 Å². The summed E-state index contributed by atoms with van der Waals surface area (Å²) in [7, 11) is 0. The average molecular weight is 488 g/mol. The molecule has 35 heavy (non-hydrogen) atoms. The van der Waals surface area contributed by atoms with Crippen LogP contribution in [0.15, 0.2) is 66.0 Å². The molecule has 3 N–H and O–H groups in total. The molecule has 2 aliphatic rings. The molecule has 6 rings (SSSR count). The van der Waals surface area contributed by atoms with Crippen molar-refractivity contribution in [1.29, 1.82) is 0 Å². The zero-order valence-corrected chi connectivity index (χ0v) is 19.5. The Balaban J connectivity index is 1.13. The summed E-state index contributed by atoms with van der Waals surface area (Å²) in [4.78, 5) is 27.5. The first-order valence-electron chi connectivity index (χ1n) is 11.3. The molecule has 0 aliphatic carbocycles. The number of fused-ring (bicyclic) bond motifs is 2. The standard InChI is InChI=1S/C25H22FN7OS/c26-18-3-1-2-4-19(18)32-25(34)33-9-7-15(8-10-33)21-12-17-23(27-13-28-24(17)31-21)30-16-5-6-20-22(11-16)35-14-29-20/h1-7,11,13-14,21H,8-10,12H2,(H,32,34)(H2,27,28,30,31). The van der Waals surface area contributed by atoms with Gasteiger partial charge in [0.15, 0.2) is 0 Å². The van der Waals surface area contributed by atoms with Crippen molar-refractivity contribution in [2.24, 2.45) is 0 Å². The van der Waals surface area contributed by atoms with Gasteiger partial charge in [0.2, 0.25) is 0 Å². The van der Waals surface area contributed by atoms with E-state index in [1.165, 1.54) is 11.6 Å². The Kier molecular flexibility index (Phi) is 5.49.